The number of hydrogen-bond acceptors (Lipinski definition) is 3. The monoisotopic (exact) mass is 216 g/mol. The molecule has 2 unspecified atom stereocenters. The second-order valence-electron chi connectivity index (χ2n) is 4.84. The first-order chi connectivity index (χ1) is 6.97. The third-order valence-corrected chi connectivity index (χ3v) is 3.31. The molecule has 1 aliphatic heterocycles. The van der Waals surface area contributed by atoms with Crippen LogP contribution in [0.25, 0.3) is 0 Å². The van der Waals surface area contributed by atoms with Crippen LogP contribution in [-0.4, -0.2) is 29.7 Å². The van der Waals surface area contributed by atoms with E-state index in [9.17, 15) is 5.11 Å². The van der Waals surface area contributed by atoms with Gasteiger partial charge < -0.3 is 14.6 Å². The van der Waals surface area contributed by atoms with Crippen molar-refractivity contribution in [3.63, 3.8) is 0 Å². The molecule has 1 heterocycles. The zero-order valence-corrected chi connectivity index (χ0v) is 10.4. The van der Waals surface area contributed by atoms with E-state index in [0.717, 1.165) is 6.42 Å². The highest BCUT2D eigenvalue weighted by molar-refractivity contribution is 4.85. The summed E-state index contributed by atoms with van der Waals surface area (Å²) in [6, 6.07) is 0. The molecule has 5 atom stereocenters. The Hall–Kier alpha value is -0.120. The van der Waals surface area contributed by atoms with Crippen LogP contribution in [0, 0.1) is 11.8 Å². The Morgan fingerprint density at radius 3 is 2.33 bits per heavy atom. The minimum absolute atomic E-state index is 0.0219. The molecule has 1 aliphatic rings. The molecule has 0 amide bonds. The van der Waals surface area contributed by atoms with Gasteiger partial charge in [-0.05, 0) is 26.2 Å². The van der Waals surface area contributed by atoms with Gasteiger partial charge in [-0.15, -0.1) is 0 Å². The highest BCUT2D eigenvalue weighted by Gasteiger charge is 2.40. The molecule has 15 heavy (non-hydrogen) atoms. The van der Waals surface area contributed by atoms with Crippen molar-refractivity contribution in [3.8, 4) is 0 Å². The van der Waals surface area contributed by atoms with Crippen LogP contribution in [0.15, 0.2) is 0 Å². The van der Waals surface area contributed by atoms with Crippen LogP contribution in [-0.2, 0) is 9.47 Å². The molecule has 1 N–H and O–H groups in total. The van der Waals surface area contributed by atoms with Gasteiger partial charge in [-0.2, -0.15) is 0 Å². The van der Waals surface area contributed by atoms with E-state index in [1.54, 1.807) is 0 Å². The van der Waals surface area contributed by atoms with E-state index in [0.29, 0.717) is 5.92 Å². The van der Waals surface area contributed by atoms with Crippen molar-refractivity contribution in [2.75, 3.05) is 0 Å². The molecule has 0 saturated carbocycles. The molecular weight excluding hydrogens is 192 g/mol. The molecule has 3 heteroatoms. The Bertz CT molecular complexity index is 191. The van der Waals surface area contributed by atoms with Crippen molar-refractivity contribution < 1.29 is 14.6 Å². The van der Waals surface area contributed by atoms with Crippen LogP contribution in [0.1, 0.15) is 41.0 Å². The summed E-state index contributed by atoms with van der Waals surface area (Å²) in [4.78, 5) is 0. The van der Waals surface area contributed by atoms with Gasteiger partial charge in [0.15, 0.2) is 6.29 Å². The molecule has 0 spiro atoms. The van der Waals surface area contributed by atoms with Gasteiger partial charge in [-0.25, -0.2) is 0 Å². The molecule has 0 aromatic rings. The van der Waals surface area contributed by atoms with Gasteiger partial charge in [0.25, 0.3) is 0 Å². The van der Waals surface area contributed by atoms with Crippen LogP contribution in [0.5, 0.6) is 0 Å². The molecule has 0 radical (unpaired) electrons. The first kappa shape index (κ1) is 12.9. The molecular formula is C12H24O3. The number of ether oxygens (including phenoxy) is 2. The van der Waals surface area contributed by atoms with Crippen molar-refractivity contribution in [2.24, 2.45) is 11.8 Å². The van der Waals surface area contributed by atoms with Gasteiger partial charge in [-0.3, -0.25) is 0 Å². The van der Waals surface area contributed by atoms with Gasteiger partial charge in [0, 0.05) is 5.92 Å². The molecule has 0 aromatic carbocycles. The van der Waals surface area contributed by atoms with E-state index in [1.807, 2.05) is 20.8 Å². The van der Waals surface area contributed by atoms with Gasteiger partial charge in [0.2, 0.25) is 0 Å². The Balaban J connectivity index is 2.70. The van der Waals surface area contributed by atoms with Gasteiger partial charge in [-0.1, -0.05) is 20.8 Å². The topological polar surface area (TPSA) is 38.7 Å². The lowest BCUT2D eigenvalue weighted by molar-refractivity contribution is -0.258. The maximum Gasteiger partial charge on any atom is 0.157 e. The normalized spacial score (nSPS) is 42.2. The standard InChI is InChI=1S/C12H24O3/c1-6-10-11(14-7(2)3)8(4)9(5)12(13)15-10/h7-13H,6H2,1-5H3/t8-,9?,10?,11+,12-/m1/s1. The third-order valence-electron chi connectivity index (χ3n) is 3.31. The minimum Gasteiger partial charge on any atom is -0.373 e. The molecule has 1 saturated heterocycles. The summed E-state index contributed by atoms with van der Waals surface area (Å²) in [7, 11) is 0. The van der Waals surface area contributed by atoms with Crippen LogP contribution in [0.3, 0.4) is 0 Å². The van der Waals surface area contributed by atoms with E-state index in [1.165, 1.54) is 0 Å². The van der Waals surface area contributed by atoms with Crippen LogP contribution in [0.4, 0.5) is 0 Å². The minimum atomic E-state index is -0.642. The second-order valence-corrected chi connectivity index (χ2v) is 4.84. The molecule has 1 rings (SSSR count). The second kappa shape index (κ2) is 5.28. The quantitative estimate of drug-likeness (QED) is 0.786. The summed E-state index contributed by atoms with van der Waals surface area (Å²) in [6.45, 7) is 10.3. The van der Waals surface area contributed by atoms with Gasteiger partial charge >= 0.3 is 0 Å². The maximum atomic E-state index is 9.72. The summed E-state index contributed by atoms with van der Waals surface area (Å²) in [5.41, 5.74) is 0. The molecule has 0 bridgehead atoms. The highest BCUT2D eigenvalue weighted by Crippen LogP contribution is 2.33. The van der Waals surface area contributed by atoms with Crippen LogP contribution >= 0.6 is 0 Å². The van der Waals surface area contributed by atoms with Crippen molar-refractivity contribution in [1.29, 1.82) is 0 Å². The summed E-state index contributed by atoms with van der Waals surface area (Å²) >= 11 is 0. The lowest BCUT2D eigenvalue weighted by Crippen LogP contribution is -2.50. The zero-order valence-electron chi connectivity index (χ0n) is 10.4. The van der Waals surface area contributed by atoms with Crippen molar-refractivity contribution >= 4 is 0 Å². The molecule has 3 nitrogen and oxygen atoms in total. The summed E-state index contributed by atoms with van der Waals surface area (Å²) in [5.74, 6) is 0.470. The number of rotatable bonds is 3. The van der Waals surface area contributed by atoms with Crippen LogP contribution in [0.2, 0.25) is 0 Å². The number of hydrogen-bond donors (Lipinski definition) is 1. The van der Waals surface area contributed by atoms with E-state index in [2.05, 4.69) is 13.8 Å². The Morgan fingerprint density at radius 1 is 1.27 bits per heavy atom. The first-order valence-corrected chi connectivity index (χ1v) is 5.96. The molecule has 0 aliphatic carbocycles. The summed E-state index contributed by atoms with van der Waals surface area (Å²) < 4.78 is 11.5. The number of aliphatic hydroxyl groups excluding tert-OH is 1. The zero-order chi connectivity index (χ0) is 11.6. The highest BCUT2D eigenvalue weighted by atomic mass is 16.6. The van der Waals surface area contributed by atoms with Gasteiger partial charge in [0.05, 0.1) is 18.3 Å². The van der Waals surface area contributed by atoms with Crippen molar-refractivity contribution in [1.82, 2.24) is 0 Å². The smallest absolute Gasteiger partial charge is 0.157 e. The predicted octanol–water partition coefficient (Wildman–Crippen LogP) is 2.18. The third kappa shape index (κ3) is 2.92. The van der Waals surface area contributed by atoms with E-state index in [4.69, 9.17) is 9.47 Å². The molecule has 90 valence electrons. The molecule has 1 fully saturated rings. The lowest BCUT2D eigenvalue weighted by Gasteiger charge is -2.43. The van der Waals surface area contributed by atoms with E-state index in [-0.39, 0.29) is 24.2 Å². The number of aliphatic hydroxyl groups is 1. The maximum absolute atomic E-state index is 9.72. The Morgan fingerprint density at radius 2 is 1.87 bits per heavy atom. The Kier molecular flexibility index (Phi) is 4.56. The van der Waals surface area contributed by atoms with E-state index >= 15 is 0 Å². The van der Waals surface area contributed by atoms with Crippen molar-refractivity contribution in [3.05, 3.63) is 0 Å². The summed E-state index contributed by atoms with van der Waals surface area (Å²) in [6.07, 6.45) is 0.572. The van der Waals surface area contributed by atoms with Gasteiger partial charge in [0.1, 0.15) is 0 Å². The average molecular weight is 216 g/mol. The lowest BCUT2D eigenvalue weighted by atomic mass is 9.84. The first-order valence-electron chi connectivity index (χ1n) is 5.96. The fourth-order valence-electron chi connectivity index (χ4n) is 2.13. The molecule has 0 aromatic heterocycles. The summed E-state index contributed by atoms with van der Waals surface area (Å²) in [5, 5.41) is 9.72. The van der Waals surface area contributed by atoms with E-state index < -0.39 is 6.29 Å². The largest absolute Gasteiger partial charge is 0.373 e. The Labute approximate surface area is 92.8 Å². The van der Waals surface area contributed by atoms with Crippen molar-refractivity contribution in [2.45, 2.75) is 65.6 Å². The fraction of sp³-hybridized carbons (Fsp3) is 1.00. The van der Waals surface area contributed by atoms with Crippen LogP contribution < -0.4 is 0 Å². The average Bonchev–Trinajstić information content (AvgIpc) is 2.18. The fourth-order valence-corrected chi connectivity index (χ4v) is 2.13. The predicted molar refractivity (Wildman–Crippen MR) is 59.5 cm³/mol. The SMILES string of the molecule is CCC1O[C@@H](O)C(C)[C@@H](C)[C@@H]1OC(C)C.